The molecule has 0 aliphatic rings. The van der Waals surface area contributed by atoms with E-state index in [1.807, 2.05) is 0 Å². The Balaban J connectivity index is 0.00000144. The summed E-state index contributed by atoms with van der Waals surface area (Å²) in [5, 5.41) is 0. The summed E-state index contributed by atoms with van der Waals surface area (Å²) in [6, 6.07) is 10.6. The van der Waals surface area contributed by atoms with Crippen LogP contribution < -0.4 is 0 Å². The number of benzene rings is 1. The van der Waals surface area contributed by atoms with Crippen LogP contribution >= 0.6 is 0 Å². The second kappa shape index (κ2) is 6.61. The molecule has 0 heterocycles. The van der Waals surface area contributed by atoms with E-state index in [0.29, 0.717) is 0 Å². The van der Waals surface area contributed by atoms with E-state index in [-0.39, 0.29) is 4.70 Å². The van der Waals surface area contributed by atoms with Crippen LogP contribution in [0.25, 0.3) is 0 Å². The molecule has 0 saturated carbocycles. The van der Waals surface area contributed by atoms with Crippen molar-refractivity contribution in [3.05, 3.63) is 35.9 Å². The average Bonchev–Trinajstić information content (AvgIpc) is 2.16. The van der Waals surface area contributed by atoms with Gasteiger partial charge < -0.3 is 0 Å². The van der Waals surface area contributed by atoms with E-state index in [1.54, 1.807) is 0 Å². The van der Waals surface area contributed by atoms with Gasteiger partial charge in [0, 0.05) is 6.54 Å². The van der Waals surface area contributed by atoms with Crippen molar-refractivity contribution in [2.75, 3.05) is 13.1 Å². The number of hydrogen-bond donors (Lipinski definition) is 0. The molecule has 0 aliphatic heterocycles. The smallest absolute Gasteiger partial charge is 0.0233 e. The maximum absolute atomic E-state index is 2.41. The fraction of sp³-hybridized carbons (Fsp3) is 0.455. The van der Waals surface area contributed by atoms with Crippen molar-refractivity contribution in [1.82, 2.24) is 4.90 Å². The molecule has 0 fully saturated rings. The number of halogens is 1. The van der Waals surface area contributed by atoms with Gasteiger partial charge in [0.15, 0.2) is 0 Å². The fourth-order valence-electron chi connectivity index (χ4n) is 1.29. The Morgan fingerprint density at radius 2 is 1.54 bits per heavy atom. The zero-order valence-electron chi connectivity index (χ0n) is 8.36. The van der Waals surface area contributed by atoms with Gasteiger partial charge in [-0.15, -0.1) is 0 Å². The van der Waals surface area contributed by atoms with Crippen molar-refractivity contribution in [1.29, 1.82) is 0 Å². The zero-order chi connectivity index (χ0) is 8.81. The lowest BCUT2D eigenvalue weighted by Gasteiger charge is -2.17. The van der Waals surface area contributed by atoms with Crippen LogP contribution in [0, 0.1) is 0 Å². The van der Waals surface area contributed by atoms with Crippen LogP contribution in [0.4, 0.5) is 4.70 Å². The Morgan fingerprint density at radius 1 is 1.00 bits per heavy atom. The Bertz CT molecular complexity index is 207. The highest BCUT2D eigenvalue weighted by Crippen LogP contribution is 2.02. The second-order valence-corrected chi connectivity index (χ2v) is 2.95. The highest BCUT2D eigenvalue weighted by molar-refractivity contribution is 5.14. The third-order valence-corrected chi connectivity index (χ3v) is 2.14. The molecule has 0 unspecified atom stereocenters. The molecule has 0 N–H and O–H groups in total. The molecule has 74 valence electrons. The molecule has 0 amide bonds. The first kappa shape index (κ1) is 12.1. The lowest BCUT2D eigenvalue weighted by molar-refractivity contribution is 0.296. The van der Waals surface area contributed by atoms with E-state index >= 15 is 0 Å². The van der Waals surface area contributed by atoms with Crippen LogP contribution in [0.5, 0.6) is 0 Å². The van der Waals surface area contributed by atoms with Gasteiger partial charge in [-0.3, -0.25) is 9.60 Å². The third-order valence-electron chi connectivity index (χ3n) is 2.14. The van der Waals surface area contributed by atoms with E-state index in [4.69, 9.17) is 0 Å². The van der Waals surface area contributed by atoms with Crippen LogP contribution in [-0.2, 0) is 6.54 Å². The van der Waals surface area contributed by atoms with Crippen LogP contribution in [0.3, 0.4) is 0 Å². The van der Waals surface area contributed by atoms with Gasteiger partial charge in [-0.2, -0.15) is 0 Å². The summed E-state index contributed by atoms with van der Waals surface area (Å²) >= 11 is 0. The first-order valence-corrected chi connectivity index (χ1v) is 4.63. The molecule has 0 saturated heterocycles. The largest absolute Gasteiger partial charge is 0.300 e. The molecule has 0 bridgehead atoms. The lowest BCUT2D eigenvalue weighted by atomic mass is 10.2. The van der Waals surface area contributed by atoms with E-state index in [1.165, 1.54) is 5.56 Å². The summed E-state index contributed by atoms with van der Waals surface area (Å²) in [7, 11) is 0. The van der Waals surface area contributed by atoms with E-state index < -0.39 is 0 Å². The van der Waals surface area contributed by atoms with Crippen molar-refractivity contribution in [3.8, 4) is 0 Å². The summed E-state index contributed by atoms with van der Waals surface area (Å²) in [4.78, 5) is 2.41. The molecule has 0 radical (unpaired) electrons. The molecule has 1 aromatic rings. The van der Waals surface area contributed by atoms with Crippen LogP contribution in [0.15, 0.2) is 30.3 Å². The van der Waals surface area contributed by atoms with Gasteiger partial charge >= 0.3 is 0 Å². The van der Waals surface area contributed by atoms with Crippen LogP contribution in [0.2, 0.25) is 0 Å². The standard InChI is InChI=1S/C11H17N.FH/c1-3-12(4-2)10-11-8-6-5-7-9-11;/h5-9H,3-4,10H2,1-2H3;1H. The predicted molar refractivity (Wildman–Crippen MR) is 55.6 cm³/mol. The molecule has 2 heteroatoms. The third kappa shape index (κ3) is 4.04. The second-order valence-electron chi connectivity index (χ2n) is 2.95. The van der Waals surface area contributed by atoms with Gasteiger partial charge in [0.1, 0.15) is 0 Å². The molecule has 0 aromatic heterocycles. The fourth-order valence-corrected chi connectivity index (χ4v) is 1.29. The van der Waals surface area contributed by atoms with Gasteiger partial charge in [0.2, 0.25) is 0 Å². The molecule has 13 heavy (non-hydrogen) atoms. The molecule has 1 nitrogen and oxygen atoms in total. The SMILES string of the molecule is CCN(CC)Cc1ccccc1.F. The summed E-state index contributed by atoms with van der Waals surface area (Å²) in [6.07, 6.45) is 0. The number of nitrogens with zero attached hydrogens (tertiary/aromatic N) is 1. The Hall–Kier alpha value is -0.890. The van der Waals surface area contributed by atoms with Crippen molar-refractivity contribution in [2.45, 2.75) is 20.4 Å². The Kier molecular flexibility index (Phi) is 6.15. The first-order valence-electron chi connectivity index (χ1n) is 4.63. The minimum absolute atomic E-state index is 0. The highest BCUT2D eigenvalue weighted by atomic mass is 19.0. The van der Waals surface area contributed by atoms with E-state index in [0.717, 1.165) is 19.6 Å². The van der Waals surface area contributed by atoms with Gasteiger partial charge in [-0.05, 0) is 18.7 Å². The maximum atomic E-state index is 2.41. The van der Waals surface area contributed by atoms with Crippen molar-refractivity contribution >= 4 is 0 Å². The molecule has 0 atom stereocenters. The van der Waals surface area contributed by atoms with Crippen molar-refractivity contribution in [2.24, 2.45) is 0 Å². The molecule has 1 aromatic carbocycles. The molecule has 1 rings (SSSR count). The number of hydrogen-bond acceptors (Lipinski definition) is 1. The molecular weight excluding hydrogens is 165 g/mol. The topological polar surface area (TPSA) is 3.24 Å². The lowest BCUT2D eigenvalue weighted by Crippen LogP contribution is -2.21. The zero-order valence-corrected chi connectivity index (χ0v) is 8.36. The summed E-state index contributed by atoms with van der Waals surface area (Å²) in [5.74, 6) is 0. The van der Waals surface area contributed by atoms with Gasteiger partial charge in [-0.25, -0.2) is 0 Å². The van der Waals surface area contributed by atoms with Crippen LogP contribution in [0.1, 0.15) is 19.4 Å². The molecule has 0 spiro atoms. The Morgan fingerprint density at radius 3 is 2.00 bits per heavy atom. The number of rotatable bonds is 4. The van der Waals surface area contributed by atoms with E-state index in [2.05, 4.69) is 49.1 Å². The van der Waals surface area contributed by atoms with Crippen LogP contribution in [-0.4, -0.2) is 18.0 Å². The Labute approximate surface area is 79.7 Å². The maximum Gasteiger partial charge on any atom is 0.0233 e. The highest BCUT2D eigenvalue weighted by Gasteiger charge is 1.98. The molecular formula is C11H18FN. The van der Waals surface area contributed by atoms with Gasteiger partial charge in [0.25, 0.3) is 0 Å². The van der Waals surface area contributed by atoms with E-state index in [9.17, 15) is 0 Å². The normalized spacial score (nSPS) is 9.77. The first-order chi connectivity index (χ1) is 5.86. The molecule has 0 aliphatic carbocycles. The quantitative estimate of drug-likeness (QED) is 0.693. The van der Waals surface area contributed by atoms with Crippen molar-refractivity contribution in [3.63, 3.8) is 0 Å². The minimum Gasteiger partial charge on any atom is -0.300 e. The average molecular weight is 183 g/mol. The van der Waals surface area contributed by atoms with Gasteiger partial charge in [-0.1, -0.05) is 44.2 Å². The summed E-state index contributed by atoms with van der Waals surface area (Å²) < 4.78 is 0. The monoisotopic (exact) mass is 183 g/mol. The minimum atomic E-state index is 0. The summed E-state index contributed by atoms with van der Waals surface area (Å²) in [5.41, 5.74) is 1.40. The van der Waals surface area contributed by atoms with Crippen molar-refractivity contribution < 1.29 is 4.70 Å². The van der Waals surface area contributed by atoms with Gasteiger partial charge in [0.05, 0.1) is 0 Å². The predicted octanol–water partition coefficient (Wildman–Crippen LogP) is 2.68. The summed E-state index contributed by atoms with van der Waals surface area (Å²) in [6.45, 7) is 7.74.